The second kappa shape index (κ2) is 16.0. The van der Waals surface area contributed by atoms with Gasteiger partial charge in [-0.1, -0.05) is 104 Å². The van der Waals surface area contributed by atoms with Crippen molar-refractivity contribution in [2.45, 2.75) is 129 Å². The molecule has 0 amide bonds. The molecule has 134 valence electrons. The van der Waals surface area contributed by atoms with Crippen molar-refractivity contribution < 1.29 is 4.43 Å². The quantitative estimate of drug-likeness (QED) is 0.224. The SMILES string of the molecule is CCCCCCCC(CCCCCC)(CCCCCC)O[SiH3]. The Bertz CT molecular complexity index is 206. The number of rotatable bonds is 17. The predicted octanol–water partition coefficient (Wildman–Crippen LogP) is 6.32. The van der Waals surface area contributed by atoms with Gasteiger partial charge in [0.2, 0.25) is 0 Å². The van der Waals surface area contributed by atoms with Crippen LogP contribution < -0.4 is 0 Å². The Labute approximate surface area is 144 Å². The van der Waals surface area contributed by atoms with Crippen LogP contribution in [-0.4, -0.2) is 16.1 Å². The van der Waals surface area contributed by atoms with Crippen molar-refractivity contribution in [1.29, 1.82) is 0 Å². The molecule has 0 aliphatic heterocycles. The Hall–Kier alpha value is 0.177. The Balaban J connectivity index is 4.21. The zero-order valence-electron chi connectivity index (χ0n) is 16.2. The summed E-state index contributed by atoms with van der Waals surface area (Å²) in [6.45, 7) is 6.90. The van der Waals surface area contributed by atoms with E-state index in [0.29, 0.717) is 0 Å². The van der Waals surface area contributed by atoms with Gasteiger partial charge in [0, 0.05) is 0 Å². The Morgan fingerprint density at radius 1 is 0.545 bits per heavy atom. The van der Waals surface area contributed by atoms with Crippen LogP contribution in [0.15, 0.2) is 0 Å². The van der Waals surface area contributed by atoms with Gasteiger partial charge in [-0.3, -0.25) is 0 Å². The first-order chi connectivity index (χ1) is 10.7. The van der Waals surface area contributed by atoms with Crippen molar-refractivity contribution >= 4 is 10.5 Å². The van der Waals surface area contributed by atoms with E-state index in [1.54, 1.807) is 0 Å². The van der Waals surface area contributed by atoms with Gasteiger partial charge < -0.3 is 4.43 Å². The van der Waals surface area contributed by atoms with Gasteiger partial charge in [-0.25, -0.2) is 0 Å². The molecular weight excluding hydrogens is 284 g/mol. The van der Waals surface area contributed by atoms with E-state index in [-0.39, 0.29) is 5.60 Å². The number of unbranched alkanes of at least 4 members (excludes halogenated alkanes) is 10. The molecule has 0 aliphatic carbocycles. The standard InChI is InChI=1S/C20H44OSi/c1-4-7-10-13-16-19-20(21-22,17-14-11-8-5-2)18-15-12-9-6-3/h4-19H2,1-3,22H3. The van der Waals surface area contributed by atoms with Gasteiger partial charge in [0.25, 0.3) is 0 Å². The fourth-order valence-electron chi connectivity index (χ4n) is 3.48. The first-order valence-corrected chi connectivity index (χ1v) is 11.1. The summed E-state index contributed by atoms with van der Waals surface area (Å²) in [4.78, 5) is 0. The third-order valence-electron chi connectivity index (χ3n) is 5.14. The molecule has 0 rings (SSSR count). The van der Waals surface area contributed by atoms with Gasteiger partial charge >= 0.3 is 0 Å². The first kappa shape index (κ1) is 22.2. The highest BCUT2D eigenvalue weighted by atomic mass is 28.2. The zero-order chi connectivity index (χ0) is 16.5. The molecule has 0 N–H and O–H groups in total. The van der Waals surface area contributed by atoms with E-state index < -0.39 is 0 Å². The van der Waals surface area contributed by atoms with Crippen LogP contribution in [0.4, 0.5) is 0 Å². The van der Waals surface area contributed by atoms with Crippen molar-refractivity contribution in [1.82, 2.24) is 0 Å². The van der Waals surface area contributed by atoms with Gasteiger partial charge in [-0.2, -0.15) is 0 Å². The first-order valence-electron chi connectivity index (χ1n) is 10.3. The molecule has 0 aromatic heterocycles. The summed E-state index contributed by atoms with van der Waals surface area (Å²) in [6.07, 6.45) is 21.9. The topological polar surface area (TPSA) is 9.23 Å². The minimum atomic E-state index is 0.250. The van der Waals surface area contributed by atoms with Gasteiger partial charge in [0.15, 0.2) is 0 Å². The summed E-state index contributed by atoms with van der Waals surface area (Å²) in [6, 6.07) is 0. The molecule has 0 heterocycles. The van der Waals surface area contributed by atoms with E-state index in [0.717, 1.165) is 10.5 Å². The van der Waals surface area contributed by atoms with Crippen LogP contribution in [0, 0.1) is 0 Å². The third-order valence-corrected chi connectivity index (χ3v) is 6.01. The fourth-order valence-corrected chi connectivity index (χ4v) is 4.09. The lowest BCUT2D eigenvalue weighted by molar-refractivity contribution is 0.0423. The smallest absolute Gasteiger partial charge is 0.146 e. The summed E-state index contributed by atoms with van der Waals surface area (Å²) in [5.74, 6) is 0. The van der Waals surface area contributed by atoms with Gasteiger partial charge in [-0.15, -0.1) is 0 Å². The molecule has 0 aromatic rings. The van der Waals surface area contributed by atoms with Crippen LogP contribution in [0.3, 0.4) is 0 Å². The summed E-state index contributed by atoms with van der Waals surface area (Å²) in [7, 11) is 0.904. The van der Waals surface area contributed by atoms with E-state index in [1.165, 1.54) is 103 Å². The van der Waals surface area contributed by atoms with Crippen molar-refractivity contribution in [3.8, 4) is 0 Å². The number of hydrogen-bond donors (Lipinski definition) is 0. The molecule has 0 bridgehead atoms. The van der Waals surface area contributed by atoms with Crippen molar-refractivity contribution in [3.05, 3.63) is 0 Å². The van der Waals surface area contributed by atoms with Crippen LogP contribution in [0.5, 0.6) is 0 Å². The Kier molecular flexibility index (Phi) is 16.2. The maximum atomic E-state index is 6.24. The van der Waals surface area contributed by atoms with Crippen LogP contribution in [0.1, 0.15) is 124 Å². The molecule has 22 heavy (non-hydrogen) atoms. The van der Waals surface area contributed by atoms with E-state index >= 15 is 0 Å². The molecular formula is C20H44OSi. The van der Waals surface area contributed by atoms with E-state index in [2.05, 4.69) is 20.8 Å². The van der Waals surface area contributed by atoms with Crippen molar-refractivity contribution in [2.75, 3.05) is 0 Å². The minimum Gasteiger partial charge on any atom is -0.422 e. The van der Waals surface area contributed by atoms with E-state index in [9.17, 15) is 0 Å². The maximum Gasteiger partial charge on any atom is 0.146 e. The summed E-state index contributed by atoms with van der Waals surface area (Å²) < 4.78 is 6.24. The Morgan fingerprint density at radius 2 is 0.864 bits per heavy atom. The largest absolute Gasteiger partial charge is 0.422 e. The monoisotopic (exact) mass is 328 g/mol. The molecule has 1 nitrogen and oxygen atoms in total. The maximum absolute atomic E-state index is 6.24. The molecule has 2 heteroatoms. The van der Waals surface area contributed by atoms with Gasteiger partial charge in [0.05, 0.1) is 5.60 Å². The van der Waals surface area contributed by atoms with Gasteiger partial charge in [-0.05, 0) is 19.3 Å². The normalized spacial score (nSPS) is 12.1. The van der Waals surface area contributed by atoms with E-state index in [1.807, 2.05) is 0 Å². The fraction of sp³-hybridized carbons (Fsp3) is 1.00. The van der Waals surface area contributed by atoms with Crippen LogP contribution in [-0.2, 0) is 4.43 Å². The highest BCUT2D eigenvalue weighted by Gasteiger charge is 2.27. The lowest BCUT2D eigenvalue weighted by atomic mass is 9.85. The minimum absolute atomic E-state index is 0.250. The van der Waals surface area contributed by atoms with Crippen LogP contribution >= 0.6 is 0 Å². The average Bonchev–Trinajstić information content (AvgIpc) is 2.54. The number of hydrogen-bond acceptors (Lipinski definition) is 1. The van der Waals surface area contributed by atoms with Crippen LogP contribution in [0.25, 0.3) is 0 Å². The highest BCUT2D eigenvalue weighted by Crippen LogP contribution is 2.31. The molecule has 0 saturated heterocycles. The van der Waals surface area contributed by atoms with Crippen molar-refractivity contribution in [3.63, 3.8) is 0 Å². The van der Waals surface area contributed by atoms with Crippen molar-refractivity contribution in [2.24, 2.45) is 0 Å². The van der Waals surface area contributed by atoms with E-state index in [4.69, 9.17) is 4.43 Å². The molecule has 0 unspecified atom stereocenters. The summed E-state index contributed by atoms with van der Waals surface area (Å²) in [5, 5.41) is 0. The lowest BCUT2D eigenvalue weighted by Crippen LogP contribution is -2.32. The summed E-state index contributed by atoms with van der Waals surface area (Å²) in [5.41, 5.74) is 0.250. The third kappa shape index (κ3) is 11.7. The van der Waals surface area contributed by atoms with Crippen LogP contribution in [0.2, 0.25) is 0 Å². The molecule has 0 aliphatic rings. The predicted molar refractivity (Wildman–Crippen MR) is 105 cm³/mol. The molecule has 0 spiro atoms. The molecule has 0 atom stereocenters. The zero-order valence-corrected chi connectivity index (χ0v) is 18.2. The highest BCUT2D eigenvalue weighted by molar-refractivity contribution is 5.98. The van der Waals surface area contributed by atoms with Gasteiger partial charge in [0.1, 0.15) is 10.5 Å². The lowest BCUT2D eigenvalue weighted by Gasteiger charge is -2.34. The average molecular weight is 329 g/mol. The second-order valence-corrected chi connectivity index (χ2v) is 7.58. The molecule has 0 radical (unpaired) electrons. The molecule has 0 saturated carbocycles. The summed E-state index contributed by atoms with van der Waals surface area (Å²) >= 11 is 0. The Morgan fingerprint density at radius 3 is 1.18 bits per heavy atom. The molecule has 0 fully saturated rings. The molecule has 0 aromatic carbocycles. The second-order valence-electron chi connectivity index (χ2n) is 7.17.